The van der Waals surface area contributed by atoms with Gasteiger partial charge in [0.05, 0.1) is 0 Å². The molecule has 0 bridgehead atoms. The van der Waals surface area contributed by atoms with Gasteiger partial charge in [-0.15, -0.1) is 0 Å². The molecule has 0 aromatic carbocycles. The molecule has 46 valence electrons. The summed E-state index contributed by atoms with van der Waals surface area (Å²) in [6.07, 6.45) is 2.22. The average molecular weight is 104 g/mol. The second-order valence-electron chi connectivity index (χ2n) is 1.58. The quantitative estimate of drug-likeness (QED) is 0.554. The molecule has 0 saturated carbocycles. The predicted octanol–water partition coefficient (Wildman–Crippen LogP) is 1.30. The third-order valence-electron chi connectivity index (χ3n) is 1.05. The van der Waals surface area contributed by atoms with Crippen molar-refractivity contribution in [2.75, 3.05) is 0 Å². The van der Waals surface area contributed by atoms with Gasteiger partial charge in [-0.05, 0) is 12.8 Å². The van der Waals surface area contributed by atoms with Crippen LogP contribution in [0.25, 0.3) is 0 Å². The van der Waals surface area contributed by atoms with Gasteiger partial charge in [0.25, 0.3) is 0 Å². The Hall–Kier alpha value is -0.0800. The molecular weight excluding hydrogens is 88.1 g/mol. The second-order valence-corrected chi connectivity index (χ2v) is 1.58. The van der Waals surface area contributed by atoms with Crippen LogP contribution in [0, 0.1) is 0 Å². The summed E-state index contributed by atoms with van der Waals surface area (Å²) in [5, 5.41) is 0. The van der Waals surface area contributed by atoms with E-state index in [0.29, 0.717) is 6.04 Å². The smallest absolute Gasteiger partial charge is 0.00335 e. The minimum absolute atomic E-state index is 0. The predicted molar refractivity (Wildman–Crippen MR) is 33.6 cm³/mol. The molecular formula is C5H16N2. The monoisotopic (exact) mass is 104 g/mol. The van der Waals surface area contributed by atoms with E-state index in [4.69, 9.17) is 5.73 Å². The highest BCUT2D eigenvalue weighted by atomic mass is 14.6. The molecule has 5 N–H and O–H groups in total. The Morgan fingerprint density at radius 3 is 1.57 bits per heavy atom. The van der Waals surface area contributed by atoms with Crippen molar-refractivity contribution in [3.05, 3.63) is 0 Å². The molecule has 2 nitrogen and oxygen atoms in total. The first kappa shape index (κ1) is 10.0. The van der Waals surface area contributed by atoms with Gasteiger partial charge in [-0.3, -0.25) is 0 Å². The third kappa shape index (κ3) is 5.92. The zero-order valence-corrected chi connectivity index (χ0v) is 5.28. The number of nitrogens with two attached hydrogens (primary N) is 1. The third-order valence-corrected chi connectivity index (χ3v) is 1.05. The van der Waals surface area contributed by atoms with Gasteiger partial charge in [0.1, 0.15) is 0 Å². The Morgan fingerprint density at radius 2 is 1.57 bits per heavy atom. The molecule has 0 aromatic heterocycles. The molecule has 2 heteroatoms. The summed E-state index contributed by atoms with van der Waals surface area (Å²) in [6, 6.07) is 0.435. The number of rotatable bonds is 2. The van der Waals surface area contributed by atoms with Crippen LogP contribution in [0.15, 0.2) is 0 Å². The van der Waals surface area contributed by atoms with Gasteiger partial charge in [0.2, 0.25) is 0 Å². The van der Waals surface area contributed by atoms with Gasteiger partial charge in [-0.2, -0.15) is 0 Å². The average Bonchev–Trinajstić information content (AvgIpc) is 1.65. The van der Waals surface area contributed by atoms with E-state index in [9.17, 15) is 0 Å². The zero-order valence-electron chi connectivity index (χ0n) is 5.28. The minimum Gasteiger partial charge on any atom is -0.344 e. The molecule has 0 aromatic rings. The van der Waals surface area contributed by atoms with Gasteiger partial charge < -0.3 is 11.9 Å². The highest BCUT2D eigenvalue weighted by Crippen LogP contribution is 1.88. The molecule has 0 saturated heterocycles. The summed E-state index contributed by atoms with van der Waals surface area (Å²) >= 11 is 0. The maximum atomic E-state index is 5.47. The van der Waals surface area contributed by atoms with Crippen molar-refractivity contribution in [2.45, 2.75) is 32.7 Å². The van der Waals surface area contributed by atoms with Crippen molar-refractivity contribution >= 4 is 0 Å². The molecule has 7 heavy (non-hydrogen) atoms. The van der Waals surface area contributed by atoms with E-state index in [1.807, 2.05) is 0 Å². The zero-order chi connectivity index (χ0) is 4.99. The van der Waals surface area contributed by atoms with Gasteiger partial charge in [0, 0.05) is 6.04 Å². The van der Waals surface area contributed by atoms with E-state index in [1.165, 1.54) is 0 Å². The molecule has 0 fully saturated rings. The van der Waals surface area contributed by atoms with E-state index in [-0.39, 0.29) is 6.15 Å². The van der Waals surface area contributed by atoms with Crippen LogP contribution in [0.5, 0.6) is 0 Å². The lowest BCUT2D eigenvalue weighted by molar-refractivity contribution is 0.629. The molecule has 0 radical (unpaired) electrons. The Morgan fingerprint density at radius 1 is 1.29 bits per heavy atom. The maximum absolute atomic E-state index is 5.47. The summed E-state index contributed by atoms with van der Waals surface area (Å²) < 4.78 is 0. The van der Waals surface area contributed by atoms with E-state index in [1.54, 1.807) is 0 Å². The van der Waals surface area contributed by atoms with Crippen molar-refractivity contribution < 1.29 is 0 Å². The topological polar surface area (TPSA) is 61.0 Å². The number of hydrogen-bond donors (Lipinski definition) is 2. The Bertz CT molecular complexity index is 25.3. The first-order valence-electron chi connectivity index (χ1n) is 2.56. The summed E-state index contributed by atoms with van der Waals surface area (Å²) in [4.78, 5) is 0. The Labute approximate surface area is 45.7 Å². The molecule has 0 amide bonds. The minimum atomic E-state index is 0. The number of hydrogen-bond acceptors (Lipinski definition) is 2. The highest BCUT2D eigenvalue weighted by molar-refractivity contribution is 4.51. The van der Waals surface area contributed by atoms with Crippen LogP contribution in [0.2, 0.25) is 0 Å². The van der Waals surface area contributed by atoms with E-state index >= 15 is 0 Å². The van der Waals surface area contributed by atoms with Gasteiger partial charge in [-0.1, -0.05) is 13.8 Å². The molecule has 0 rings (SSSR count). The fraction of sp³-hybridized carbons (Fsp3) is 1.00. The summed E-state index contributed by atoms with van der Waals surface area (Å²) in [5.74, 6) is 0. The molecule has 0 spiro atoms. The standard InChI is InChI=1S/C5H13N.H3N/c1-3-5(6)4-2;/h5H,3-4,6H2,1-2H3;1H3. The van der Waals surface area contributed by atoms with E-state index in [2.05, 4.69) is 13.8 Å². The van der Waals surface area contributed by atoms with Crippen LogP contribution < -0.4 is 11.9 Å². The maximum Gasteiger partial charge on any atom is 0.00335 e. The van der Waals surface area contributed by atoms with Gasteiger partial charge >= 0.3 is 0 Å². The van der Waals surface area contributed by atoms with Crippen molar-refractivity contribution in [2.24, 2.45) is 5.73 Å². The summed E-state index contributed by atoms with van der Waals surface area (Å²) in [5.41, 5.74) is 5.47. The van der Waals surface area contributed by atoms with Crippen LogP contribution in [0.4, 0.5) is 0 Å². The lowest BCUT2D eigenvalue weighted by Crippen LogP contribution is -2.16. The molecule has 0 atom stereocenters. The lowest BCUT2D eigenvalue weighted by atomic mass is 10.2. The molecule has 0 aliphatic rings. The lowest BCUT2D eigenvalue weighted by Gasteiger charge is -1.99. The first-order chi connectivity index (χ1) is 2.81. The summed E-state index contributed by atoms with van der Waals surface area (Å²) in [6.45, 7) is 4.21. The first-order valence-corrected chi connectivity index (χ1v) is 2.56. The van der Waals surface area contributed by atoms with Crippen LogP contribution in [0.1, 0.15) is 26.7 Å². The fourth-order valence-electron chi connectivity index (χ4n) is 0.289. The molecule has 0 unspecified atom stereocenters. The second kappa shape index (κ2) is 5.92. The molecule has 0 aliphatic carbocycles. The van der Waals surface area contributed by atoms with Crippen LogP contribution in [0.3, 0.4) is 0 Å². The van der Waals surface area contributed by atoms with Crippen molar-refractivity contribution in [1.82, 2.24) is 6.15 Å². The fourth-order valence-corrected chi connectivity index (χ4v) is 0.289. The van der Waals surface area contributed by atoms with Crippen molar-refractivity contribution in [1.29, 1.82) is 0 Å². The van der Waals surface area contributed by atoms with Crippen LogP contribution >= 0.6 is 0 Å². The highest BCUT2D eigenvalue weighted by Gasteiger charge is 1.88. The van der Waals surface area contributed by atoms with Gasteiger partial charge in [0.15, 0.2) is 0 Å². The molecule has 0 heterocycles. The summed E-state index contributed by atoms with van der Waals surface area (Å²) in [7, 11) is 0. The Balaban J connectivity index is 0. The van der Waals surface area contributed by atoms with Crippen LogP contribution in [-0.2, 0) is 0 Å². The largest absolute Gasteiger partial charge is 0.344 e. The van der Waals surface area contributed by atoms with Crippen molar-refractivity contribution in [3.63, 3.8) is 0 Å². The van der Waals surface area contributed by atoms with Crippen LogP contribution in [-0.4, -0.2) is 6.04 Å². The van der Waals surface area contributed by atoms with E-state index in [0.717, 1.165) is 12.8 Å². The van der Waals surface area contributed by atoms with Crippen molar-refractivity contribution in [3.8, 4) is 0 Å². The van der Waals surface area contributed by atoms with E-state index < -0.39 is 0 Å². The Kier molecular flexibility index (Phi) is 8.47. The SMILES string of the molecule is CCC(N)CC.N. The molecule has 0 aliphatic heterocycles. The normalized spacial score (nSPS) is 8.57. The van der Waals surface area contributed by atoms with Gasteiger partial charge in [-0.25, -0.2) is 0 Å².